The molecule has 0 bridgehead atoms. The van der Waals surface area contributed by atoms with Gasteiger partial charge in [-0.1, -0.05) is 0 Å². The zero-order valence-electron chi connectivity index (χ0n) is 11.1. The van der Waals surface area contributed by atoms with Crippen molar-refractivity contribution in [3.8, 4) is 0 Å². The van der Waals surface area contributed by atoms with E-state index in [0.29, 0.717) is 5.54 Å². The lowest BCUT2D eigenvalue weighted by Crippen LogP contribution is -2.57. The molecule has 16 heavy (non-hydrogen) atoms. The van der Waals surface area contributed by atoms with E-state index in [1.165, 1.54) is 45.2 Å². The summed E-state index contributed by atoms with van der Waals surface area (Å²) in [5.41, 5.74) is 0.480. The highest BCUT2D eigenvalue weighted by atomic mass is 15.2. The molecule has 3 heteroatoms. The van der Waals surface area contributed by atoms with E-state index in [9.17, 15) is 0 Å². The minimum absolute atomic E-state index is 0.480. The molecule has 0 unspecified atom stereocenters. The van der Waals surface area contributed by atoms with Crippen LogP contribution in [0.2, 0.25) is 0 Å². The average molecular weight is 225 g/mol. The summed E-state index contributed by atoms with van der Waals surface area (Å²) in [6, 6.07) is 0.847. The Kier molecular flexibility index (Phi) is 3.88. The Morgan fingerprint density at radius 1 is 1.19 bits per heavy atom. The first-order valence-corrected chi connectivity index (χ1v) is 6.72. The highest BCUT2D eigenvalue weighted by molar-refractivity contribution is 4.97. The Labute approximate surface area is 100 Å². The first-order valence-electron chi connectivity index (χ1n) is 6.72. The van der Waals surface area contributed by atoms with Crippen LogP contribution in [-0.2, 0) is 0 Å². The predicted octanol–water partition coefficient (Wildman–Crippen LogP) is 1.15. The van der Waals surface area contributed by atoms with Gasteiger partial charge in [-0.2, -0.15) is 0 Å². The smallest absolute Gasteiger partial charge is 0.0330 e. The van der Waals surface area contributed by atoms with Gasteiger partial charge in [-0.3, -0.25) is 0 Å². The highest BCUT2D eigenvalue weighted by Gasteiger charge is 2.39. The fraction of sp³-hybridized carbons (Fsp3) is 1.00. The number of rotatable bonds is 7. The molecule has 0 amide bonds. The third-order valence-corrected chi connectivity index (χ3v) is 4.30. The number of hydrogen-bond donors (Lipinski definition) is 1. The van der Waals surface area contributed by atoms with Gasteiger partial charge >= 0.3 is 0 Å². The van der Waals surface area contributed by atoms with Gasteiger partial charge in [-0.15, -0.1) is 0 Å². The Balaban J connectivity index is 1.66. The van der Waals surface area contributed by atoms with Gasteiger partial charge in [0.15, 0.2) is 0 Å². The van der Waals surface area contributed by atoms with Crippen LogP contribution >= 0.6 is 0 Å². The molecule has 2 rings (SSSR count). The van der Waals surface area contributed by atoms with E-state index >= 15 is 0 Å². The number of nitrogens with zero attached hydrogens (tertiary/aromatic N) is 2. The zero-order valence-corrected chi connectivity index (χ0v) is 11.1. The molecule has 0 heterocycles. The molecule has 0 saturated heterocycles. The maximum absolute atomic E-state index is 3.58. The second-order valence-electron chi connectivity index (χ2n) is 5.94. The lowest BCUT2D eigenvalue weighted by Gasteiger charge is -2.49. The first kappa shape index (κ1) is 12.3. The Morgan fingerprint density at radius 2 is 1.88 bits per heavy atom. The summed E-state index contributed by atoms with van der Waals surface area (Å²) < 4.78 is 0. The van der Waals surface area contributed by atoms with E-state index in [1.54, 1.807) is 0 Å². The van der Waals surface area contributed by atoms with Crippen LogP contribution in [0.15, 0.2) is 0 Å². The minimum Gasteiger partial charge on any atom is -0.313 e. The SMILES string of the molecule is CN(CCNC1CC1)CC1(N(C)C)CCC1. The monoisotopic (exact) mass is 225 g/mol. The molecular weight excluding hydrogens is 198 g/mol. The largest absolute Gasteiger partial charge is 0.313 e. The van der Waals surface area contributed by atoms with Gasteiger partial charge in [0.1, 0.15) is 0 Å². The van der Waals surface area contributed by atoms with Crippen LogP contribution in [0, 0.1) is 0 Å². The van der Waals surface area contributed by atoms with Gasteiger partial charge < -0.3 is 15.1 Å². The molecule has 0 aromatic rings. The first-order chi connectivity index (χ1) is 7.62. The number of hydrogen-bond acceptors (Lipinski definition) is 3. The third kappa shape index (κ3) is 2.96. The molecule has 2 saturated carbocycles. The Bertz CT molecular complexity index is 219. The molecule has 0 radical (unpaired) electrons. The zero-order chi connectivity index (χ0) is 11.6. The maximum atomic E-state index is 3.58. The molecule has 2 aliphatic carbocycles. The van der Waals surface area contributed by atoms with Crippen molar-refractivity contribution in [3.63, 3.8) is 0 Å². The molecule has 1 N–H and O–H groups in total. The quantitative estimate of drug-likeness (QED) is 0.701. The fourth-order valence-electron chi connectivity index (χ4n) is 2.66. The van der Waals surface area contributed by atoms with Crippen LogP contribution in [0.1, 0.15) is 32.1 Å². The van der Waals surface area contributed by atoms with Gasteiger partial charge in [0, 0.05) is 31.2 Å². The van der Waals surface area contributed by atoms with Crippen LogP contribution in [0.3, 0.4) is 0 Å². The summed E-state index contributed by atoms with van der Waals surface area (Å²) in [5.74, 6) is 0. The molecule has 2 fully saturated rings. The average Bonchev–Trinajstić information content (AvgIpc) is 2.94. The van der Waals surface area contributed by atoms with E-state index in [2.05, 4.69) is 36.3 Å². The normalized spacial score (nSPS) is 23.8. The predicted molar refractivity (Wildman–Crippen MR) is 68.8 cm³/mol. The van der Waals surface area contributed by atoms with Crippen molar-refractivity contribution < 1.29 is 0 Å². The van der Waals surface area contributed by atoms with Crippen LogP contribution in [0.5, 0.6) is 0 Å². The van der Waals surface area contributed by atoms with Gasteiger partial charge in [0.2, 0.25) is 0 Å². The van der Waals surface area contributed by atoms with Crippen molar-refractivity contribution in [1.29, 1.82) is 0 Å². The van der Waals surface area contributed by atoms with Crippen LogP contribution in [0.4, 0.5) is 0 Å². The van der Waals surface area contributed by atoms with Crippen LogP contribution in [-0.4, -0.2) is 62.2 Å². The molecule has 0 spiro atoms. The van der Waals surface area contributed by atoms with E-state index in [0.717, 1.165) is 12.6 Å². The summed E-state index contributed by atoms with van der Waals surface area (Å²) in [6.07, 6.45) is 6.95. The highest BCUT2D eigenvalue weighted by Crippen LogP contribution is 2.36. The summed E-state index contributed by atoms with van der Waals surface area (Å²) in [5, 5.41) is 3.58. The van der Waals surface area contributed by atoms with Crippen molar-refractivity contribution in [2.45, 2.75) is 43.7 Å². The van der Waals surface area contributed by atoms with Crippen molar-refractivity contribution >= 4 is 0 Å². The van der Waals surface area contributed by atoms with Crippen molar-refractivity contribution in [3.05, 3.63) is 0 Å². The Morgan fingerprint density at radius 3 is 2.31 bits per heavy atom. The van der Waals surface area contributed by atoms with Crippen molar-refractivity contribution in [2.24, 2.45) is 0 Å². The molecule has 0 aliphatic heterocycles. The van der Waals surface area contributed by atoms with E-state index in [1.807, 2.05) is 0 Å². The third-order valence-electron chi connectivity index (χ3n) is 4.30. The summed E-state index contributed by atoms with van der Waals surface area (Å²) in [4.78, 5) is 4.93. The van der Waals surface area contributed by atoms with E-state index in [4.69, 9.17) is 0 Å². The molecule has 0 atom stereocenters. The number of likely N-dealkylation sites (N-methyl/N-ethyl adjacent to an activating group) is 2. The lowest BCUT2D eigenvalue weighted by atomic mass is 9.75. The molecule has 3 nitrogen and oxygen atoms in total. The second-order valence-corrected chi connectivity index (χ2v) is 5.94. The van der Waals surface area contributed by atoms with Crippen molar-refractivity contribution in [1.82, 2.24) is 15.1 Å². The summed E-state index contributed by atoms with van der Waals surface area (Å²) in [7, 11) is 6.73. The molecule has 0 aromatic heterocycles. The lowest BCUT2D eigenvalue weighted by molar-refractivity contribution is 0.0282. The van der Waals surface area contributed by atoms with Crippen molar-refractivity contribution in [2.75, 3.05) is 40.8 Å². The Hall–Kier alpha value is -0.120. The molecule has 94 valence electrons. The maximum Gasteiger partial charge on any atom is 0.0330 e. The van der Waals surface area contributed by atoms with E-state index in [-0.39, 0.29) is 0 Å². The number of nitrogens with one attached hydrogen (secondary N) is 1. The standard InChI is InChI=1S/C13H27N3/c1-15(2)13(7-4-8-13)11-16(3)10-9-14-12-5-6-12/h12,14H,4-11H2,1-3H3. The molecular formula is C13H27N3. The van der Waals surface area contributed by atoms with Gasteiger partial charge in [-0.05, 0) is 53.2 Å². The summed E-state index contributed by atoms with van der Waals surface area (Å²) >= 11 is 0. The van der Waals surface area contributed by atoms with Gasteiger partial charge in [0.25, 0.3) is 0 Å². The summed E-state index contributed by atoms with van der Waals surface area (Å²) in [6.45, 7) is 3.57. The minimum atomic E-state index is 0.480. The second kappa shape index (κ2) is 5.03. The van der Waals surface area contributed by atoms with E-state index < -0.39 is 0 Å². The molecule has 2 aliphatic rings. The van der Waals surface area contributed by atoms with Gasteiger partial charge in [0.05, 0.1) is 0 Å². The van der Waals surface area contributed by atoms with Gasteiger partial charge in [-0.25, -0.2) is 0 Å². The van der Waals surface area contributed by atoms with Crippen LogP contribution in [0.25, 0.3) is 0 Å². The topological polar surface area (TPSA) is 18.5 Å². The fourth-order valence-corrected chi connectivity index (χ4v) is 2.66. The molecule has 0 aromatic carbocycles. The van der Waals surface area contributed by atoms with Crippen LogP contribution < -0.4 is 5.32 Å².